The van der Waals surface area contributed by atoms with Crippen molar-refractivity contribution < 1.29 is 4.74 Å². The van der Waals surface area contributed by atoms with E-state index in [1.807, 2.05) is 6.20 Å². The highest BCUT2D eigenvalue weighted by Gasteiger charge is 2.28. The Morgan fingerprint density at radius 1 is 1.35 bits per heavy atom. The molecular formula is C17H22N2O. The van der Waals surface area contributed by atoms with Crippen LogP contribution in [0, 0.1) is 5.92 Å². The number of nitrogens with zero attached hydrogens (tertiary/aromatic N) is 1. The molecule has 1 aliphatic heterocycles. The van der Waals surface area contributed by atoms with Gasteiger partial charge in [-0.15, -0.1) is 0 Å². The van der Waals surface area contributed by atoms with Gasteiger partial charge in [-0.1, -0.05) is 31.2 Å². The van der Waals surface area contributed by atoms with Gasteiger partial charge in [0.05, 0.1) is 18.3 Å². The molecule has 1 aromatic heterocycles. The smallest absolute Gasteiger partial charge is 0.0655 e. The van der Waals surface area contributed by atoms with E-state index in [9.17, 15) is 0 Å². The van der Waals surface area contributed by atoms with E-state index in [0.717, 1.165) is 32.6 Å². The fourth-order valence-electron chi connectivity index (χ4n) is 2.99. The SMILES string of the molecule is CCCNC(c1nccc2ccccc12)C1CCOC1. The van der Waals surface area contributed by atoms with Crippen LogP contribution in [0.5, 0.6) is 0 Å². The molecule has 20 heavy (non-hydrogen) atoms. The van der Waals surface area contributed by atoms with Crippen LogP contribution in [-0.2, 0) is 4.74 Å². The van der Waals surface area contributed by atoms with Crippen LogP contribution in [0.4, 0.5) is 0 Å². The van der Waals surface area contributed by atoms with Crippen molar-refractivity contribution in [3.8, 4) is 0 Å². The minimum Gasteiger partial charge on any atom is -0.381 e. The molecule has 2 atom stereocenters. The minimum atomic E-state index is 0.295. The predicted molar refractivity (Wildman–Crippen MR) is 81.7 cm³/mol. The van der Waals surface area contributed by atoms with E-state index in [1.54, 1.807) is 0 Å². The number of ether oxygens (including phenoxy) is 1. The van der Waals surface area contributed by atoms with Crippen LogP contribution < -0.4 is 5.32 Å². The Bertz CT molecular complexity index is 558. The molecule has 0 bridgehead atoms. The standard InChI is InChI=1S/C17H22N2O/c1-2-9-18-16(14-8-11-20-12-14)17-15-6-4-3-5-13(15)7-10-19-17/h3-7,10,14,16,18H,2,8-9,11-12H2,1H3. The molecule has 2 unspecified atom stereocenters. The zero-order chi connectivity index (χ0) is 13.8. The molecule has 3 heteroatoms. The third-order valence-electron chi connectivity index (χ3n) is 4.05. The van der Waals surface area contributed by atoms with E-state index in [0.29, 0.717) is 12.0 Å². The predicted octanol–water partition coefficient (Wildman–Crippen LogP) is 3.31. The molecule has 2 heterocycles. The van der Waals surface area contributed by atoms with Gasteiger partial charge in [0.15, 0.2) is 0 Å². The Balaban J connectivity index is 1.99. The van der Waals surface area contributed by atoms with Gasteiger partial charge in [0, 0.05) is 24.1 Å². The lowest BCUT2D eigenvalue weighted by Gasteiger charge is -2.24. The third kappa shape index (κ3) is 2.69. The summed E-state index contributed by atoms with van der Waals surface area (Å²) in [4.78, 5) is 4.69. The van der Waals surface area contributed by atoms with Crippen molar-refractivity contribution in [2.24, 2.45) is 5.92 Å². The maximum atomic E-state index is 5.58. The third-order valence-corrected chi connectivity index (χ3v) is 4.05. The van der Waals surface area contributed by atoms with E-state index < -0.39 is 0 Å². The van der Waals surface area contributed by atoms with Gasteiger partial charge < -0.3 is 10.1 Å². The molecule has 3 rings (SSSR count). The Labute approximate surface area is 120 Å². The molecule has 0 radical (unpaired) electrons. The number of fused-ring (bicyclic) bond motifs is 1. The first-order chi connectivity index (χ1) is 9.90. The normalized spacial score (nSPS) is 20.4. The van der Waals surface area contributed by atoms with Crippen molar-refractivity contribution in [2.45, 2.75) is 25.8 Å². The fraction of sp³-hybridized carbons (Fsp3) is 0.471. The molecule has 1 saturated heterocycles. The van der Waals surface area contributed by atoms with E-state index in [1.165, 1.54) is 16.5 Å². The second-order valence-corrected chi connectivity index (χ2v) is 5.47. The average Bonchev–Trinajstić information content (AvgIpc) is 3.02. The number of rotatable bonds is 5. The molecule has 1 fully saturated rings. The van der Waals surface area contributed by atoms with Crippen LogP contribution in [-0.4, -0.2) is 24.7 Å². The monoisotopic (exact) mass is 270 g/mol. The molecule has 0 saturated carbocycles. The average molecular weight is 270 g/mol. The Hall–Kier alpha value is -1.45. The largest absolute Gasteiger partial charge is 0.381 e. The Kier molecular flexibility index (Phi) is 4.28. The van der Waals surface area contributed by atoms with Crippen molar-refractivity contribution >= 4 is 10.8 Å². The summed E-state index contributed by atoms with van der Waals surface area (Å²) in [7, 11) is 0. The molecule has 2 aromatic rings. The number of hydrogen-bond donors (Lipinski definition) is 1. The first-order valence-electron chi connectivity index (χ1n) is 7.55. The quantitative estimate of drug-likeness (QED) is 0.905. The molecule has 106 valence electrons. The lowest BCUT2D eigenvalue weighted by atomic mass is 9.92. The first-order valence-corrected chi connectivity index (χ1v) is 7.55. The van der Waals surface area contributed by atoms with Crippen molar-refractivity contribution in [1.29, 1.82) is 0 Å². The van der Waals surface area contributed by atoms with E-state index in [4.69, 9.17) is 4.74 Å². The van der Waals surface area contributed by atoms with Gasteiger partial charge in [-0.3, -0.25) is 4.98 Å². The highest BCUT2D eigenvalue weighted by molar-refractivity contribution is 5.84. The highest BCUT2D eigenvalue weighted by atomic mass is 16.5. The van der Waals surface area contributed by atoms with Crippen molar-refractivity contribution in [3.05, 3.63) is 42.2 Å². The van der Waals surface area contributed by atoms with Crippen LogP contribution in [0.3, 0.4) is 0 Å². The lowest BCUT2D eigenvalue weighted by Crippen LogP contribution is -2.30. The van der Waals surface area contributed by atoms with Gasteiger partial charge in [-0.2, -0.15) is 0 Å². The zero-order valence-electron chi connectivity index (χ0n) is 12.0. The summed E-state index contributed by atoms with van der Waals surface area (Å²) in [6.45, 7) is 4.93. The van der Waals surface area contributed by atoms with Gasteiger partial charge in [0.1, 0.15) is 0 Å². The number of nitrogens with one attached hydrogen (secondary N) is 1. The minimum absolute atomic E-state index is 0.295. The number of benzene rings is 1. The zero-order valence-corrected chi connectivity index (χ0v) is 12.0. The van der Waals surface area contributed by atoms with Gasteiger partial charge >= 0.3 is 0 Å². The number of hydrogen-bond acceptors (Lipinski definition) is 3. The molecular weight excluding hydrogens is 248 g/mol. The van der Waals surface area contributed by atoms with Crippen molar-refractivity contribution in [2.75, 3.05) is 19.8 Å². The summed E-state index contributed by atoms with van der Waals surface area (Å²) >= 11 is 0. The van der Waals surface area contributed by atoms with Crippen LogP contribution >= 0.6 is 0 Å². The molecule has 1 aliphatic rings. The summed E-state index contributed by atoms with van der Waals surface area (Å²) < 4.78 is 5.58. The Morgan fingerprint density at radius 3 is 3.05 bits per heavy atom. The second kappa shape index (κ2) is 6.33. The molecule has 1 N–H and O–H groups in total. The van der Waals surface area contributed by atoms with Gasteiger partial charge in [0.2, 0.25) is 0 Å². The van der Waals surface area contributed by atoms with Gasteiger partial charge in [-0.25, -0.2) is 0 Å². The van der Waals surface area contributed by atoms with Crippen molar-refractivity contribution in [1.82, 2.24) is 10.3 Å². The lowest BCUT2D eigenvalue weighted by molar-refractivity contribution is 0.176. The van der Waals surface area contributed by atoms with Gasteiger partial charge in [0.25, 0.3) is 0 Å². The molecule has 0 amide bonds. The Morgan fingerprint density at radius 2 is 2.25 bits per heavy atom. The van der Waals surface area contributed by atoms with Crippen molar-refractivity contribution in [3.63, 3.8) is 0 Å². The summed E-state index contributed by atoms with van der Waals surface area (Å²) in [5, 5.41) is 6.20. The maximum absolute atomic E-state index is 5.58. The number of pyridine rings is 1. The van der Waals surface area contributed by atoms with Crippen LogP contribution in [0.2, 0.25) is 0 Å². The first kappa shape index (κ1) is 13.5. The summed E-state index contributed by atoms with van der Waals surface area (Å²) in [6.07, 6.45) is 4.18. The highest BCUT2D eigenvalue weighted by Crippen LogP contribution is 2.31. The summed E-state index contributed by atoms with van der Waals surface area (Å²) in [5.41, 5.74) is 1.17. The van der Waals surface area contributed by atoms with E-state index in [-0.39, 0.29) is 0 Å². The van der Waals surface area contributed by atoms with E-state index in [2.05, 4.69) is 47.6 Å². The van der Waals surface area contributed by atoms with Gasteiger partial charge in [-0.05, 0) is 30.8 Å². The summed E-state index contributed by atoms with van der Waals surface area (Å²) in [6, 6.07) is 10.9. The maximum Gasteiger partial charge on any atom is 0.0655 e. The molecule has 0 aliphatic carbocycles. The fourth-order valence-corrected chi connectivity index (χ4v) is 2.99. The molecule has 1 aromatic carbocycles. The topological polar surface area (TPSA) is 34.2 Å². The van der Waals surface area contributed by atoms with Crippen LogP contribution in [0.15, 0.2) is 36.5 Å². The second-order valence-electron chi connectivity index (χ2n) is 5.47. The number of aromatic nitrogens is 1. The summed E-state index contributed by atoms with van der Waals surface area (Å²) in [5.74, 6) is 0.528. The molecule has 3 nitrogen and oxygen atoms in total. The van der Waals surface area contributed by atoms with Crippen LogP contribution in [0.25, 0.3) is 10.8 Å². The molecule has 0 spiro atoms. The van der Waals surface area contributed by atoms with Crippen LogP contribution in [0.1, 0.15) is 31.5 Å². The van der Waals surface area contributed by atoms with E-state index >= 15 is 0 Å².